The summed E-state index contributed by atoms with van der Waals surface area (Å²) in [7, 11) is 1.94. The van der Waals surface area contributed by atoms with Gasteiger partial charge in [0.05, 0.1) is 17.6 Å². The third-order valence-electron chi connectivity index (χ3n) is 2.25. The van der Waals surface area contributed by atoms with Gasteiger partial charge in [-0.1, -0.05) is 23.4 Å². The Morgan fingerprint density at radius 3 is 2.80 bits per heavy atom. The second-order valence-corrected chi connectivity index (χ2v) is 3.33. The first-order chi connectivity index (χ1) is 7.42. The van der Waals surface area contributed by atoms with E-state index in [4.69, 9.17) is 0 Å². The van der Waals surface area contributed by atoms with Crippen LogP contribution in [0.4, 0.5) is 0 Å². The van der Waals surface area contributed by atoms with E-state index in [0.717, 1.165) is 24.3 Å². The van der Waals surface area contributed by atoms with Crippen LogP contribution in [0.1, 0.15) is 5.69 Å². The molecule has 2 aromatic rings. The molecule has 0 bridgehead atoms. The van der Waals surface area contributed by atoms with Crippen LogP contribution in [0.5, 0.6) is 0 Å². The van der Waals surface area contributed by atoms with Gasteiger partial charge in [0.1, 0.15) is 0 Å². The van der Waals surface area contributed by atoms with Crippen molar-refractivity contribution >= 4 is 0 Å². The Balaban J connectivity index is 2.25. The highest BCUT2D eigenvalue weighted by Crippen LogP contribution is 2.08. The molecule has 1 heterocycles. The van der Waals surface area contributed by atoms with Crippen LogP contribution in [0, 0.1) is 0 Å². The highest BCUT2D eigenvalue weighted by molar-refractivity contribution is 5.31. The van der Waals surface area contributed by atoms with E-state index in [9.17, 15) is 0 Å². The van der Waals surface area contributed by atoms with E-state index in [2.05, 4.69) is 15.6 Å². The van der Waals surface area contributed by atoms with Crippen molar-refractivity contribution in [2.45, 2.75) is 6.42 Å². The first kappa shape index (κ1) is 9.86. The van der Waals surface area contributed by atoms with E-state index >= 15 is 0 Å². The molecule has 0 aliphatic rings. The number of hydrogen-bond acceptors (Lipinski definition) is 3. The summed E-state index contributed by atoms with van der Waals surface area (Å²) >= 11 is 0. The van der Waals surface area contributed by atoms with Crippen LogP contribution >= 0.6 is 0 Å². The molecule has 15 heavy (non-hydrogen) atoms. The van der Waals surface area contributed by atoms with E-state index in [1.807, 2.05) is 48.3 Å². The van der Waals surface area contributed by atoms with Crippen molar-refractivity contribution in [2.24, 2.45) is 0 Å². The Labute approximate surface area is 88.9 Å². The fourth-order valence-corrected chi connectivity index (χ4v) is 1.47. The van der Waals surface area contributed by atoms with Gasteiger partial charge in [0.2, 0.25) is 0 Å². The van der Waals surface area contributed by atoms with Crippen LogP contribution in [-0.4, -0.2) is 28.6 Å². The smallest absolute Gasteiger partial charge is 0.0730 e. The van der Waals surface area contributed by atoms with Crippen molar-refractivity contribution < 1.29 is 0 Å². The number of nitrogens with one attached hydrogen (secondary N) is 1. The number of likely N-dealkylation sites (N-methyl/N-ethyl adjacent to an activating group) is 1. The van der Waals surface area contributed by atoms with Gasteiger partial charge in [0.25, 0.3) is 0 Å². The van der Waals surface area contributed by atoms with Gasteiger partial charge in [-0.2, -0.15) is 0 Å². The lowest BCUT2D eigenvalue weighted by Crippen LogP contribution is -2.13. The second kappa shape index (κ2) is 4.70. The summed E-state index contributed by atoms with van der Waals surface area (Å²) in [5.74, 6) is 0. The van der Waals surface area contributed by atoms with Crippen LogP contribution < -0.4 is 5.32 Å². The summed E-state index contributed by atoms with van der Waals surface area (Å²) in [4.78, 5) is 0. The van der Waals surface area contributed by atoms with Crippen molar-refractivity contribution in [2.75, 3.05) is 13.6 Å². The molecule has 1 N–H and O–H groups in total. The van der Waals surface area contributed by atoms with Gasteiger partial charge in [-0.05, 0) is 19.2 Å². The van der Waals surface area contributed by atoms with Gasteiger partial charge < -0.3 is 5.32 Å². The topological polar surface area (TPSA) is 42.7 Å². The lowest BCUT2D eigenvalue weighted by Gasteiger charge is -2.05. The van der Waals surface area contributed by atoms with Crippen LogP contribution in [0.3, 0.4) is 0 Å². The monoisotopic (exact) mass is 202 g/mol. The first-order valence-electron chi connectivity index (χ1n) is 5.01. The number of nitrogens with zero attached hydrogens (tertiary/aromatic N) is 3. The SMILES string of the molecule is CNCCc1cnnn1-c1ccccc1. The average molecular weight is 202 g/mol. The molecule has 2 rings (SSSR count). The molecule has 4 nitrogen and oxygen atoms in total. The summed E-state index contributed by atoms with van der Waals surface area (Å²) in [6, 6.07) is 10.0. The summed E-state index contributed by atoms with van der Waals surface area (Å²) < 4.78 is 1.87. The molecule has 1 aromatic heterocycles. The number of hydrogen-bond donors (Lipinski definition) is 1. The number of aromatic nitrogens is 3. The molecule has 78 valence electrons. The van der Waals surface area contributed by atoms with Gasteiger partial charge in [-0.3, -0.25) is 0 Å². The average Bonchev–Trinajstić information content (AvgIpc) is 2.75. The molecule has 0 atom stereocenters. The highest BCUT2D eigenvalue weighted by Gasteiger charge is 2.04. The molecule has 0 unspecified atom stereocenters. The fourth-order valence-electron chi connectivity index (χ4n) is 1.47. The van der Waals surface area contributed by atoms with Crippen LogP contribution in [0.15, 0.2) is 36.5 Å². The Morgan fingerprint density at radius 2 is 2.07 bits per heavy atom. The number of para-hydroxylation sites is 1. The Kier molecular flexibility index (Phi) is 3.09. The normalized spacial score (nSPS) is 10.5. The van der Waals surface area contributed by atoms with Crippen LogP contribution in [0.2, 0.25) is 0 Å². The van der Waals surface area contributed by atoms with Crippen LogP contribution in [-0.2, 0) is 6.42 Å². The summed E-state index contributed by atoms with van der Waals surface area (Å²) in [6.07, 6.45) is 2.74. The van der Waals surface area contributed by atoms with Crippen molar-refractivity contribution in [3.8, 4) is 5.69 Å². The Hall–Kier alpha value is -1.68. The predicted octanol–water partition coefficient (Wildman–Crippen LogP) is 1.03. The second-order valence-electron chi connectivity index (χ2n) is 3.33. The molecular formula is C11H14N4. The molecular weight excluding hydrogens is 188 g/mol. The van der Waals surface area contributed by atoms with Gasteiger partial charge in [0.15, 0.2) is 0 Å². The van der Waals surface area contributed by atoms with Gasteiger partial charge >= 0.3 is 0 Å². The lowest BCUT2D eigenvalue weighted by atomic mass is 10.3. The summed E-state index contributed by atoms with van der Waals surface area (Å²) in [5, 5.41) is 11.1. The van der Waals surface area contributed by atoms with E-state index < -0.39 is 0 Å². The lowest BCUT2D eigenvalue weighted by molar-refractivity contribution is 0.720. The van der Waals surface area contributed by atoms with E-state index in [0.29, 0.717) is 0 Å². The molecule has 4 heteroatoms. The quantitative estimate of drug-likeness (QED) is 0.805. The standard InChI is InChI=1S/C11H14N4/c1-12-8-7-11-9-13-14-15(11)10-5-3-2-4-6-10/h2-6,9,12H,7-8H2,1H3. The summed E-state index contributed by atoms with van der Waals surface area (Å²) in [6.45, 7) is 0.931. The van der Waals surface area contributed by atoms with E-state index in [-0.39, 0.29) is 0 Å². The molecule has 0 radical (unpaired) electrons. The highest BCUT2D eigenvalue weighted by atomic mass is 15.4. The third kappa shape index (κ3) is 2.22. The molecule has 0 saturated carbocycles. The number of benzene rings is 1. The maximum Gasteiger partial charge on any atom is 0.0730 e. The molecule has 0 spiro atoms. The Bertz CT molecular complexity index is 408. The molecule has 1 aromatic carbocycles. The van der Waals surface area contributed by atoms with Crippen molar-refractivity contribution in [1.82, 2.24) is 20.3 Å². The van der Waals surface area contributed by atoms with Gasteiger partial charge in [-0.25, -0.2) is 4.68 Å². The molecule has 0 fully saturated rings. The zero-order valence-corrected chi connectivity index (χ0v) is 8.72. The van der Waals surface area contributed by atoms with E-state index in [1.165, 1.54) is 0 Å². The predicted molar refractivity (Wildman–Crippen MR) is 59.0 cm³/mol. The maximum atomic E-state index is 4.08. The van der Waals surface area contributed by atoms with Crippen molar-refractivity contribution in [3.05, 3.63) is 42.2 Å². The minimum absolute atomic E-state index is 0.929. The third-order valence-corrected chi connectivity index (χ3v) is 2.25. The molecule has 0 aliphatic carbocycles. The Morgan fingerprint density at radius 1 is 1.27 bits per heavy atom. The number of rotatable bonds is 4. The first-order valence-corrected chi connectivity index (χ1v) is 5.01. The van der Waals surface area contributed by atoms with E-state index in [1.54, 1.807) is 0 Å². The van der Waals surface area contributed by atoms with Crippen molar-refractivity contribution in [1.29, 1.82) is 0 Å². The summed E-state index contributed by atoms with van der Waals surface area (Å²) in [5.41, 5.74) is 2.18. The van der Waals surface area contributed by atoms with Gasteiger partial charge in [-0.15, -0.1) is 5.10 Å². The minimum Gasteiger partial charge on any atom is -0.319 e. The van der Waals surface area contributed by atoms with Crippen LogP contribution in [0.25, 0.3) is 5.69 Å². The molecule has 0 aliphatic heterocycles. The maximum absolute atomic E-state index is 4.08. The van der Waals surface area contributed by atoms with Gasteiger partial charge in [0, 0.05) is 13.0 Å². The minimum atomic E-state index is 0.929. The zero-order chi connectivity index (χ0) is 10.5. The zero-order valence-electron chi connectivity index (χ0n) is 8.72. The van der Waals surface area contributed by atoms with Crippen molar-refractivity contribution in [3.63, 3.8) is 0 Å². The molecule has 0 amide bonds. The fraction of sp³-hybridized carbons (Fsp3) is 0.273. The largest absolute Gasteiger partial charge is 0.319 e. The molecule has 0 saturated heterocycles.